The summed E-state index contributed by atoms with van der Waals surface area (Å²) in [5.74, 6) is -0.228. The van der Waals surface area contributed by atoms with Crippen LogP contribution >= 0.6 is 11.8 Å². The minimum absolute atomic E-state index is 0.0248. The monoisotopic (exact) mass is 369 g/mol. The molecular weight excluding hydrogens is 342 g/mol. The zero-order chi connectivity index (χ0) is 18.2. The normalized spacial score (nSPS) is 21.5. The van der Waals surface area contributed by atoms with Crippen LogP contribution in [0.15, 0.2) is 0 Å². The molecule has 2 N–H and O–H groups in total. The molecule has 2 rings (SSSR count). The predicted octanol–water partition coefficient (Wildman–Crippen LogP) is 0.680. The van der Waals surface area contributed by atoms with Gasteiger partial charge in [-0.2, -0.15) is 0 Å². The lowest BCUT2D eigenvalue weighted by Crippen LogP contribution is -2.47. The average Bonchev–Trinajstić information content (AvgIpc) is 3.07. The Hall–Kier alpha value is -1.57. The van der Waals surface area contributed by atoms with E-state index in [1.54, 1.807) is 0 Å². The second-order valence-electron chi connectivity index (χ2n) is 6.71. The van der Waals surface area contributed by atoms with Crippen molar-refractivity contribution in [2.45, 2.75) is 51.5 Å². The summed E-state index contributed by atoms with van der Waals surface area (Å²) in [4.78, 5) is 48.5. The summed E-state index contributed by atoms with van der Waals surface area (Å²) >= 11 is 1.27. The Bertz CT molecular complexity index is 520. The first-order valence-corrected chi connectivity index (χ1v) is 10.1. The van der Waals surface area contributed by atoms with Gasteiger partial charge >= 0.3 is 0 Å². The van der Waals surface area contributed by atoms with Gasteiger partial charge in [0.2, 0.25) is 23.6 Å². The van der Waals surface area contributed by atoms with E-state index in [9.17, 15) is 19.2 Å². The highest BCUT2D eigenvalue weighted by Gasteiger charge is 2.30. The fraction of sp³-hybridized carbons (Fsp3) is 0.765. The molecule has 1 heterocycles. The molecule has 7 nitrogen and oxygen atoms in total. The van der Waals surface area contributed by atoms with Crippen molar-refractivity contribution in [3.8, 4) is 0 Å². The van der Waals surface area contributed by atoms with Crippen molar-refractivity contribution in [2.24, 2.45) is 5.92 Å². The third kappa shape index (κ3) is 6.34. The summed E-state index contributed by atoms with van der Waals surface area (Å²) in [5.41, 5.74) is 0. The fourth-order valence-corrected chi connectivity index (χ4v) is 3.81. The number of imide groups is 1. The maximum atomic E-state index is 11.9. The van der Waals surface area contributed by atoms with Gasteiger partial charge in [-0.1, -0.05) is 19.8 Å². The molecule has 0 aromatic carbocycles. The summed E-state index contributed by atoms with van der Waals surface area (Å²) in [5, 5.41) is 5.67. The van der Waals surface area contributed by atoms with Gasteiger partial charge in [0.05, 0.1) is 11.5 Å². The van der Waals surface area contributed by atoms with Gasteiger partial charge in [0.15, 0.2) is 0 Å². The number of piperidine rings is 1. The third-order valence-electron chi connectivity index (χ3n) is 4.62. The Balaban J connectivity index is 1.56. The highest BCUT2D eigenvalue weighted by molar-refractivity contribution is 8.00. The molecule has 0 radical (unpaired) electrons. The first-order chi connectivity index (χ1) is 12.0. The van der Waals surface area contributed by atoms with Crippen LogP contribution in [-0.2, 0) is 19.2 Å². The molecule has 1 aliphatic heterocycles. The Morgan fingerprint density at radius 3 is 2.52 bits per heavy atom. The number of hydrogen-bond donors (Lipinski definition) is 2. The van der Waals surface area contributed by atoms with Crippen LogP contribution in [-0.4, -0.2) is 59.2 Å². The molecule has 0 spiro atoms. The van der Waals surface area contributed by atoms with Crippen LogP contribution in [0, 0.1) is 5.92 Å². The van der Waals surface area contributed by atoms with Crippen molar-refractivity contribution in [3.05, 3.63) is 0 Å². The number of carbonyl (C=O) groups excluding carboxylic acids is 4. The van der Waals surface area contributed by atoms with E-state index in [0.717, 1.165) is 12.8 Å². The van der Waals surface area contributed by atoms with E-state index in [0.29, 0.717) is 18.9 Å². The number of carbonyl (C=O) groups is 4. The number of rotatable bonds is 8. The highest BCUT2D eigenvalue weighted by Crippen LogP contribution is 2.18. The van der Waals surface area contributed by atoms with Crippen molar-refractivity contribution in [1.29, 1.82) is 0 Å². The number of amides is 4. The molecule has 2 fully saturated rings. The molecule has 2 aliphatic rings. The number of likely N-dealkylation sites (tertiary alicyclic amines) is 1. The summed E-state index contributed by atoms with van der Waals surface area (Å²) < 4.78 is 0. The first-order valence-electron chi connectivity index (χ1n) is 8.95. The molecule has 4 amide bonds. The maximum Gasteiger partial charge on any atom is 0.232 e. The van der Waals surface area contributed by atoms with E-state index in [1.807, 2.05) is 6.92 Å². The zero-order valence-electron chi connectivity index (χ0n) is 14.7. The fourth-order valence-electron chi connectivity index (χ4n) is 3.16. The number of hydrogen-bond acceptors (Lipinski definition) is 5. The van der Waals surface area contributed by atoms with E-state index < -0.39 is 0 Å². The average molecular weight is 369 g/mol. The van der Waals surface area contributed by atoms with Gasteiger partial charge in [-0.3, -0.25) is 24.1 Å². The molecular formula is C17H27N3O4S. The molecule has 1 saturated carbocycles. The van der Waals surface area contributed by atoms with E-state index >= 15 is 0 Å². The highest BCUT2D eigenvalue weighted by atomic mass is 32.2. The summed E-state index contributed by atoms with van der Waals surface area (Å²) in [6.45, 7) is 2.27. The molecule has 25 heavy (non-hydrogen) atoms. The molecule has 0 aromatic heterocycles. The maximum absolute atomic E-state index is 11.9. The van der Waals surface area contributed by atoms with Crippen LogP contribution in [0.3, 0.4) is 0 Å². The SMILES string of the molecule is C[C@H]1CCC(=O)N(CCNC(=O)CSCC(=O)NC2CCCC2)C1=O. The van der Waals surface area contributed by atoms with Crippen LogP contribution < -0.4 is 10.6 Å². The minimum Gasteiger partial charge on any atom is -0.354 e. The quantitative estimate of drug-likeness (QED) is 0.614. The van der Waals surface area contributed by atoms with Crippen LogP contribution in [0.4, 0.5) is 0 Å². The molecule has 1 atom stereocenters. The first kappa shape index (κ1) is 19.8. The van der Waals surface area contributed by atoms with Crippen molar-refractivity contribution < 1.29 is 19.2 Å². The second-order valence-corrected chi connectivity index (χ2v) is 7.70. The Labute approximate surface area is 152 Å². The van der Waals surface area contributed by atoms with E-state index in [1.165, 1.54) is 29.5 Å². The van der Waals surface area contributed by atoms with Crippen molar-refractivity contribution in [2.75, 3.05) is 24.6 Å². The van der Waals surface area contributed by atoms with Gasteiger partial charge in [-0.15, -0.1) is 11.8 Å². The largest absolute Gasteiger partial charge is 0.354 e. The van der Waals surface area contributed by atoms with Crippen LogP contribution in [0.1, 0.15) is 45.4 Å². The zero-order valence-corrected chi connectivity index (χ0v) is 15.5. The van der Waals surface area contributed by atoms with Gasteiger partial charge < -0.3 is 10.6 Å². The summed E-state index contributed by atoms with van der Waals surface area (Å²) in [7, 11) is 0. The lowest BCUT2D eigenvalue weighted by atomic mass is 9.99. The number of nitrogens with one attached hydrogen (secondary N) is 2. The van der Waals surface area contributed by atoms with E-state index in [4.69, 9.17) is 0 Å². The molecule has 8 heteroatoms. The van der Waals surface area contributed by atoms with Crippen molar-refractivity contribution >= 4 is 35.4 Å². The lowest BCUT2D eigenvalue weighted by Gasteiger charge is -2.28. The molecule has 0 unspecified atom stereocenters. The third-order valence-corrected chi connectivity index (χ3v) is 5.56. The van der Waals surface area contributed by atoms with Crippen LogP contribution in [0.5, 0.6) is 0 Å². The molecule has 0 bridgehead atoms. The van der Waals surface area contributed by atoms with Crippen LogP contribution in [0.25, 0.3) is 0 Å². The molecule has 1 aliphatic carbocycles. The Morgan fingerprint density at radius 1 is 1.12 bits per heavy atom. The molecule has 0 aromatic rings. The smallest absolute Gasteiger partial charge is 0.232 e. The van der Waals surface area contributed by atoms with Crippen molar-refractivity contribution in [1.82, 2.24) is 15.5 Å². The minimum atomic E-state index is -0.191. The van der Waals surface area contributed by atoms with Gasteiger partial charge in [-0.25, -0.2) is 0 Å². The summed E-state index contributed by atoms with van der Waals surface area (Å²) in [6.07, 6.45) is 5.41. The van der Waals surface area contributed by atoms with Crippen molar-refractivity contribution in [3.63, 3.8) is 0 Å². The van der Waals surface area contributed by atoms with E-state index in [2.05, 4.69) is 10.6 Å². The number of nitrogens with zero attached hydrogens (tertiary/aromatic N) is 1. The van der Waals surface area contributed by atoms with Gasteiger partial charge in [0.1, 0.15) is 0 Å². The van der Waals surface area contributed by atoms with E-state index in [-0.39, 0.29) is 54.1 Å². The predicted molar refractivity (Wildman–Crippen MR) is 95.9 cm³/mol. The standard InChI is InChI=1S/C17H27N3O4S/c1-12-6-7-16(23)20(17(12)24)9-8-18-14(21)10-25-11-15(22)19-13-4-2-3-5-13/h12-13H,2-11H2,1H3,(H,18,21)(H,19,22)/t12-/m0/s1. The molecule has 1 saturated heterocycles. The van der Waals surface area contributed by atoms with Crippen LogP contribution in [0.2, 0.25) is 0 Å². The summed E-state index contributed by atoms with van der Waals surface area (Å²) in [6, 6.07) is 0.295. The molecule has 140 valence electrons. The Kier molecular flexibility index (Phi) is 7.74. The second kappa shape index (κ2) is 9.79. The number of thioether (sulfide) groups is 1. The Morgan fingerprint density at radius 2 is 1.80 bits per heavy atom. The van der Waals surface area contributed by atoms with Gasteiger partial charge in [0.25, 0.3) is 0 Å². The van der Waals surface area contributed by atoms with Gasteiger partial charge in [0, 0.05) is 31.5 Å². The topological polar surface area (TPSA) is 95.6 Å². The van der Waals surface area contributed by atoms with Gasteiger partial charge in [-0.05, 0) is 19.3 Å². The lowest BCUT2D eigenvalue weighted by molar-refractivity contribution is -0.151.